The molecule has 1 atom stereocenters. The zero-order valence-electron chi connectivity index (χ0n) is 20.9. The van der Waals surface area contributed by atoms with E-state index in [4.69, 9.17) is 18.6 Å². The highest BCUT2D eigenvalue weighted by Crippen LogP contribution is 2.31. The number of aromatic nitrogens is 3. The number of rotatable bonds is 9. The number of amides is 2. The zero-order valence-corrected chi connectivity index (χ0v) is 21.7. The minimum absolute atomic E-state index is 0.102. The van der Waals surface area contributed by atoms with Crippen molar-refractivity contribution in [1.82, 2.24) is 20.5 Å². The number of benzene rings is 2. The molecule has 2 N–H and O–H groups in total. The van der Waals surface area contributed by atoms with Gasteiger partial charge in [-0.25, -0.2) is 9.78 Å². The van der Waals surface area contributed by atoms with Crippen molar-refractivity contribution in [1.29, 1.82) is 0 Å². The summed E-state index contributed by atoms with van der Waals surface area (Å²) in [4.78, 5) is 41.2. The quantitative estimate of drug-likeness (QED) is 0.293. The van der Waals surface area contributed by atoms with Gasteiger partial charge >= 0.3 is 5.97 Å². The molecule has 0 bridgehead atoms. The topological polar surface area (TPSA) is 155 Å². The lowest BCUT2D eigenvalue weighted by Crippen LogP contribution is -2.27. The van der Waals surface area contributed by atoms with Crippen LogP contribution in [0.15, 0.2) is 52.3 Å². The fourth-order valence-electron chi connectivity index (χ4n) is 3.69. The number of aryl methyl sites for hydroxylation is 1. The molecule has 2 amide bonds. The number of esters is 1. The van der Waals surface area contributed by atoms with Gasteiger partial charge in [-0.2, -0.15) is 0 Å². The van der Waals surface area contributed by atoms with Gasteiger partial charge in [0.25, 0.3) is 11.8 Å². The first-order valence-electron chi connectivity index (χ1n) is 12.0. The molecule has 12 nitrogen and oxygen atoms in total. The molecule has 2 aromatic carbocycles. The first kappa shape index (κ1) is 25.9. The monoisotopic (exact) mass is 549 g/mol. The van der Waals surface area contributed by atoms with E-state index in [2.05, 4.69) is 25.8 Å². The van der Waals surface area contributed by atoms with Crippen LogP contribution in [-0.2, 0) is 9.53 Å². The molecular formula is C26H23N5O7S. The lowest BCUT2D eigenvalue weighted by molar-refractivity contribution is -0.124. The van der Waals surface area contributed by atoms with Gasteiger partial charge in [0.15, 0.2) is 16.9 Å². The van der Waals surface area contributed by atoms with Gasteiger partial charge in [0, 0.05) is 42.5 Å². The van der Waals surface area contributed by atoms with Gasteiger partial charge < -0.3 is 23.9 Å². The van der Waals surface area contributed by atoms with Crippen molar-refractivity contribution in [3.05, 3.63) is 65.0 Å². The van der Waals surface area contributed by atoms with Crippen LogP contribution >= 0.6 is 11.3 Å². The minimum Gasteiger partial charge on any atom is -0.480 e. The maximum absolute atomic E-state index is 13.1. The lowest BCUT2D eigenvalue weighted by Gasteiger charge is -2.14. The van der Waals surface area contributed by atoms with Gasteiger partial charge in [-0.05, 0) is 43.3 Å². The Bertz CT molecular complexity index is 1520. The molecule has 0 spiro atoms. The maximum Gasteiger partial charge on any atom is 0.357 e. The molecule has 1 fully saturated rings. The third-order valence-electron chi connectivity index (χ3n) is 5.49. The smallest absolute Gasteiger partial charge is 0.357 e. The molecule has 3 heterocycles. The molecule has 0 aliphatic carbocycles. The average Bonchev–Trinajstić information content (AvgIpc) is 3.67. The fourth-order valence-corrected chi connectivity index (χ4v) is 4.37. The number of hydrogen-bond acceptors (Lipinski definition) is 11. The largest absolute Gasteiger partial charge is 0.480 e. The Hall–Kier alpha value is -4.78. The third kappa shape index (κ3) is 6.21. The van der Waals surface area contributed by atoms with E-state index in [9.17, 15) is 14.4 Å². The van der Waals surface area contributed by atoms with E-state index >= 15 is 0 Å². The average molecular weight is 550 g/mol. The van der Waals surface area contributed by atoms with E-state index in [1.54, 1.807) is 44.2 Å². The van der Waals surface area contributed by atoms with Gasteiger partial charge in [0.1, 0.15) is 17.2 Å². The van der Waals surface area contributed by atoms with Crippen molar-refractivity contribution < 1.29 is 33.0 Å². The number of anilines is 1. The van der Waals surface area contributed by atoms with Crippen molar-refractivity contribution in [2.24, 2.45) is 0 Å². The Kier molecular flexibility index (Phi) is 7.50. The molecule has 5 rings (SSSR count). The van der Waals surface area contributed by atoms with Crippen LogP contribution in [0, 0.1) is 6.92 Å². The van der Waals surface area contributed by atoms with Crippen LogP contribution < -0.4 is 20.1 Å². The van der Waals surface area contributed by atoms with Crippen molar-refractivity contribution in [2.75, 3.05) is 18.5 Å². The van der Waals surface area contributed by atoms with E-state index in [-0.39, 0.29) is 34.7 Å². The molecule has 1 aliphatic rings. The van der Waals surface area contributed by atoms with Crippen LogP contribution in [0.25, 0.3) is 11.5 Å². The van der Waals surface area contributed by atoms with Gasteiger partial charge in [0.05, 0.1) is 6.61 Å². The van der Waals surface area contributed by atoms with Crippen LogP contribution in [0.2, 0.25) is 0 Å². The lowest BCUT2D eigenvalue weighted by atomic mass is 10.1. The van der Waals surface area contributed by atoms with E-state index in [1.807, 2.05) is 0 Å². The second-order valence-electron chi connectivity index (χ2n) is 8.34. The summed E-state index contributed by atoms with van der Waals surface area (Å²) in [5.41, 5.74) is 1.02. The minimum atomic E-state index is -0.681. The molecule has 200 valence electrons. The maximum atomic E-state index is 13.1. The second kappa shape index (κ2) is 11.3. The van der Waals surface area contributed by atoms with E-state index < -0.39 is 18.0 Å². The van der Waals surface area contributed by atoms with Gasteiger partial charge in [-0.15, -0.1) is 21.5 Å². The van der Waals surface area contributed by atoms with Crippen molar-refractivity contribution in [3.8, 4) is 28.7 Å². The van der Waals surface area contributed by atoms with E-state index in [0.29, 0.717) is 36.2 Å². The van der Waals surface area contributed by atoms with Gasteiger partial charge in [-0.1, -0.05) is 0 Å². The van der Waals surface area contributed by atoms with Crippen molar-refractivity contribution in [3.63, 3.8) is 0 Å². The number of carbonyl (C=O) groups is 3. The van der Waals surface area contributed by atoms with Crippen LogP contribution in [-0.4, -0.2) is 52.2 Å². The number of nitrogens with zero attached hydrogens (tertiary/aromatic N) is 3. The number of thiazole rings is 1. The molecule has 13 heteroatoms. The number of ether oxygens (including phenoxy) is 3. The van der Waals surface area contributed by atoms with Gasteiger partial charge in [-0.3, -0.25) is 14.9 Å². The molecule has 4 aromatic rings. The first-order valence-corrected chi connectivity index (χ1v) is 12.9. The number of carbonyl (C=O) groups excluding carboxylic acids is 3. The number of hydrogen-bond donors (Lipinski definition) is 2. The summed E-state index contributed by atoms with van der Waals surface area (Å²) in [7, 11) is 0. The Morgan fingerprint density at radius 3 is 2.62 bits per heavy atom. The Balaban J connectivity index is 1.37. The van der Waals surface area contributed by atoms with Gasteiger partial charge in [0.2, 0.25) is 11.8 Å². The molecule has 39 heavy (non-hydrogen) atoms. The third-order valence-corrected chi connectivity index (χ3v) is 6.25. The summed E-state index contributed by atoms with van der Waals surface area (Å²) in [6, 6.07) is 11.6. The summed E-state index contributed by atoms with van der Waals surface area (Å²) < 4.78 is 22.3. The molecule has 1 aliphatic heterocycles. The van der Waals surface area contributed by atoms with Crippen LogP contribution in [0.4, 0.5) is 5.13 Å². The predicted octanol–water partition coefficient (Wildman–Crippen LogP) is 3.99. The molecule has 0 radical (unpaired) electrons. The van der Waals surface area contributed by atoms with E-state index in [0.717, 1.165) is 16.9 Å². The highest BCUT2D eigenvalue weighted by Gasteiger charge is 2.26. The van der Waals surface area contributed by atoms with Crippen LogP contribution in [0.5, 0.6) is 17.2 Å². The highest BCUT2D eigenvalue weighted by molar-refractivity contribution is 7.14. The van der Waals surface area contributed by atoms with Crippen molar-refractivity contribution >= 4 is 34.3 Å². The summed E-state index contributed by atoms with van der Waals surface area (Å²) in [5, 5.41) is 14.9. The summed E-state index contributed by atoms with van der Waals surface area (Å²) in [6.07, 6.45) is -0.183. The van der Waals surface area contributed by atoms with Crippen LogP contribution in [0.1, 0.15) is 40.1 Å². The zero-order chi connectivity index (χ0) is 27.4. The summed E-state index contributed by atoms with van der Waals surface area (Å²) in [5.74, 6) is 0.608. The predicted molar refractivity (Wildman–Crippen MR) is 139 cm³/mol. The SMILES string of the molecule is CCOC(=O)c1csc(NC(=O)c2cc(Oc3ccc(-c4nnc(C)o4)cc3)cc(O[C@H]3CCNC3=O)c2)n1. The molecule has 0 saturated carbocycles. The Labute approximate surface area is 226 Å². The Morgan fingerprint density at radius 2 is 1.92 bits per heavy atom. The number of nitrogens with one attached hydrogen (secondary N) is 2. The fraction of sp³-hybridized carbons (Fsp3) is 0.231. The highest BCUT2D eigenvalue weighted by atomic mass is 32.1. The first-order chi connectivity index (χ1) is 18.9. The molecule has 1 saturated heterocycles. The molecule has 0 unspecified atom stereocenters. The van der Waals surface area contributed by atoms with Crippen LogP contribution in [0.3, 0.4) is 0 Å². The molecular weight excluding hydrogens is 526 g/mol. The normalized spacial score (nSPS) is 14.5. The standard InChI is InChI=1S/C26H23N5O7S/c1-3-35-25(34)20-13-39-26(28-20)29-22(32)16-10-18(12-19(11-16)38-21-8-9-27-23(21)33)37-17-6-4-15(5-7-17)24-31-30-14(2)36-24/h4-7,10-13,21H,3,8-9H2,1-2H3,(H,27,33)(H,28,29,32)/t21-/m0/s1. The molecule has 2 aromatic heterocycles. The Morgan fingerprint density at radius 1 is 1.13 bits per heavy atom. The second-order valence-corrected chi connectivity index (χ2v) is 9.20. The van der Waals surface area contributed by atoms with E-state index in [1.165, 1.54) is 17.5 Å². The summed E-state index contributed by atoms with van der Waals surface area (Å²) >= 11 is 1.09. The van der Waals surface area contributed by atoms with Crippen molar-refractivity contribution in [2.45, 2.75) is 26.4 Å². The summed E-state index contributed by atoms with van der Waals surface area (Å²) in [6.45, 7) is 4.12.